The fraction of sp³-hybridized carbons (Fsp3) is 0.611. The summed E-state index contributed by atoms with van der Waals surface area (Å²) in [6.45, 7) is 2.25. The minimum absolute atomic E-state index is 0.0525. The second-order valence-electron chi connectivity index (χ2n) is 6.41. The third-order valence-electron chi connectivity index (χ3n) is 4.41. The second-order valence-corrected chi connectivity index (χ2v) is 8.55. The van der Waals surface area contributed by atoms with Gasteiger partial charge in [0.1, 0.15) is 4.90 Å². The highest BCUT2D eigenvalue weighted by Gasteiger charge is 2.24. The number of nitrogens with one attached hydrogen (secondary N) is 1. The number of carbonyl (C=O) groups excluding carboxylic acids is 1. The summed E-state index contributed by atoms with van der Waals surface area (Å²) in [6, 6.07) is 4.23. The van der Waals surface area contributed by atoms with Gasteiger partial charge in [-0.05, 0) is 31.0 Å². The Morgan fingerprint density at radius 2 is 1.96 bits per heavy atom. The molecule has 0 saturated carbocycles. The number of sulfonamides is 1. The number of benzene rings is 1. The summed E-state index contributed by atoms with van der Waals surface area (Å²) in [4.78, 5) is 14.3. The topological polar surface area (TPSA) is 94.2 Å². The van der Waals surface area contributed by atoms with Crippen molar-refractivity contribution in [3.63, 3.8) is 0 Å². The number of rotatable bonds is 11. The molecule has 0 aromatic heterocycles. The average molecular weight is 435 g/mol. The maximum Gasteiger partial charge on any atom is 0.254 e. The first-order chi connectivity index (χ1) is 13.4. The van der Waals surface area contributed by atoms with Gasteiger partial charge in [-0.1, -0.05) is 11.6 Å². The number of amides is 1. The van der Waals surface area contributed by atoms with Crippen LogP contribution in [0.15, 0.2) is 23.1 Å². The Kier molecular flexibility index (Phi) is 9.13. The van der Waals surface area contributed by atoms with Gasteiger partial charge in [-0.15, -0.1) is 0 Å². The van der Waals surface area contributed by atoms with Crippen LogP contribution in [0, 0.1) is 0 Å². The van der Waals surface area contributed by atoms with Gasteiger partial charge in [-0.2, -0.15) is 0 Å². The van der Waals surface area contributed by atoms with E-state index in [4.69, 9.17) is 25.8 Å². The van der Waals surface area contributed by atoms with Crippen molar-refractivity contribution in [2.75, 3.05) is 53.7 Å². The van der Waals surface area contributed by atoms with Crippen molar-refractivity contribution in [1.29, 1.82) is 0 Å². The Bertz CT molecular complexity index is 744. The first-order valence-electron chi connectivity index (χ1n) is 9.07. The normalized spacial score (nSPS) is 17.0. The van der Waals surface area contributed by atoms with Crippen molar-refractivity contribution in [2.24, 2.45) is 0 Å². The zero-order valence-electron chi connectivity index (χ0n) is 16.1. The molecule has 8 nitrogen and oxygen atoms in total. The molecule has 1 heterocycles. The van der Waals surface area contributed by atoms with E-state index in [1.54, 1.807) is 19.1 Å². The predicted octanol–water partition coefficient (Wildman–Crippen LogP) is 1.53. The molecule has 0 bridgehead atoms. The van der Waals surface area contributed by atoms with E-state index in [0.29, 0.717) is 32.9 Å². The summed E-state index contributed by atoms with van der Waals surface area (Å²) in [5.74, 6) is -0.318. The van der Waals surface area contributed by atoms with E-state index in [9.17, 15) is 13.2 Å². The fourth-order valence-corrected chi connectivity index (χ4v) is 4.42. The molecule has 1 atom stereocenters. The molecule has 158 valence electrons. The molecule has 0 spiro atoms. The lowest BCUT2D eigenvalue weighted by molar-refractivity contribution is 0.0627. The standard InChI is InChI=1S/C18H27ClN2O6S/c1-25-10-7-21(8-11-26-2)18(22)14-5-6-16(19)17(12-14)28(23,24)20-13-15-4-3-9-27-15/h5-6,12,15,20H,3-4,7-11,13H2,1-2H3. The van der Waals surface area contributed by atoms with Crippen LogP contribution in [0.5, 0.6) is 0 Å². The molecule has 1 aromatic rings. The van der Waals surface area contributed by atoms with Crippen LogP contribution in [0.1, 0.15) is 23.2 Å². The number of carbonyl (C=O) groups is 1. The first kappa shape index (κ1) is 23.1. The van der Waals surface area contributed by atoms with E-state index < -0.39 is 10.0 Å². The third-order valence-corrected chi connectivity index (χ3v) is 6.32. The molecule has 1 aliphatic rings. The summed E-state index contributed by atoms with van der Waals surface area (Å²) >= 11 is 6.11. The van der Waals surface area contributed by atoms with Crippen LogP contribution in [-0.2, 0) is 24.2 Å². The molecule has 1 saturated heterocycles. The number of nitrogens with zero attached hydrogens (tertiary/aromatic N) is 1. The van der Waals surface area contributed by atoms with E-state index in [1.165, 1.54) is 18.2 Å². The zero-order chi connectivity index (χ0) is 20.6. The summed E-state index contributed by atoms with van der Waals surface area (Å²) in [7, 11) is -0.782. The molecule has 1 N–H and O–H groups in total. The van der Waals surface area contributed by atoms with E-state index in [-0.39, 0.29) is 34.0 Å². The molecule has 1 amide bonds. The van der Waals surface area contributed by atoms with Crippen LogP contribution >= 0.6 is 11.6 Å². The van der Waals surface area contributed by atoms with Crippen LogP contribution < -0.4 is 4.72 Å². The fourth-order valence-electron chi connectivity index (χ4n) is 2.83. The highest BCUT2D eigenvalue weighted by atomic mass is 35.5. The van der Waals surface area contributed by atoms with Crippen LogP contribution in [0.25, 0.3) is 0 Å². The van der Waals surface area contributed by atoms with Crippen LogP contribution in [0.2, 0.25) is 5.02 Å². The SMILES string of the molecule is COCCN(CCOC)C(=O)c1ccc(Cl)c(S(=O)(=O)NCC2CCCO2)c1. The second kappa shape index (κ2) is 11.1. The number of hydrogen-bond donors (Lipinski definition) is 1. The van der Waals surface area contributed by atoms with Gasteiger partial charge in [0.05, 0.1) is 24.3 Å². The van der Waals surface area contributed by atoms with E-state index >= 15 is 0 Å². The molecule has 28 heavy (non-hydrogen) atoms. The highest BCUT2D eigenvalue weighted by molar-refractivity contribution is 7.89. The molecule has 1 aliphatic heterocycles. The van der Waals surface area contributed by atoms with E-state index in [2.05, 4.69) is 4.72 Å². The monoisotopic (exact) mass is 434 g/mol. The minimum Gasteiger partial charge on any atom is -0.383 e. The van der Waals surface area contributed by atoms with Gasteiger partial charge >= 0.3 is 0 Å². The van der Waals surface area contributed by atoms with Crippen LogP contribution in [0.3, 0.4) is 0 Å². The van der Waals surface area contributed by atoms with Crippen molar-refractivity contribution in [3.05, 3.63) is 28.8 Å². The molecular weight excluding hydrogens is 408 g/mol. The molecule has 0 aliphatic carbocycles. The highest BCUT2D eigenvalue weighted by Crippen LogP contribution is 2.24. The Balaban J connectivity index is 2.18. The van der Waals surface area contributed by atoms with Crippen LogP contribution in [0.4, 0.5) is 0 Å². The Morgan fingerprint density at radius 1 is 1.29 bits per heavy atom. The molecule has 0 radical (unpaired) electrons. The number of hydrogen-bond acceptors (Lipinski definition) is 6. The molecule has 1 unspecified atom stereocenters. The lowest BCUT2D eigenvalue weighted by atomic mass is 10.2. The Morgan fingerprint density at radius 3 is 2.54 bits per heavy atom. The largest absolute Gasteiger partial charge is 0.383 e. The van der Waals surface area contributed by atoms with Crippen molar-refractivity contribution in [1.82, 2.24) is 9.62 Å². The maximum atomic E-state index is 12.9. The smallest absolute Gasteiger partial charge is 0.254 e. The van der Waals surface area contributed by atoms with Gasteiger partial charge in [-0.3, -0.25) is 4.79 Å². The van der Waals surface area contributed by atoms with Crippen molar-refractivity contribution >= 4 is 27.5 Å². The van der Waals surface area contributed by atoms with Gasteiger partial charge in [0.2, 0.25) is 10.0 Å². The Hall–Kier alpha value is -1.23. The van der Waals surface area contributed by atoms with Gasteiger partial charge in [0, 0.05) is 46.0 Å². The third kappa shape index (κ3) is 6.40. The van der Waals surface area contributed by atoms with Crippen molar-refractivity contribution in [2.45, 2.75) is 23.8 Å². The zero-order valence-corrected chi connectivity index (χ0v) is 17.7. The molecule has 2 rings (SSSR count). The van der Waals surface area contributed by atoms with E-state index in [0.717, 1.165) is 12.8 Å². The number of methoxy groups -OCH3 is 2. The van der Waals surface area contributed by atoms with Gasteiger partial charge in [0.25, 0.3) is 5.91 Å². The quantitative estimate of drug-likeness (QED) is 0.567. The van der Waals surface area contributed by atoms with Crippen molar-refractivity contribution in [3.8, 4) is 0 Å². The maximum absolute atomic E-state index is 12.9. The van der Waals surface area contributed by atoms with Gasteiger partial charge in [0.15, 0.2) is 0 Å². The van der Waals surface area contributed by atoms with Crippen molar-refractivity contribution < 1.29 is 27.4 Å². The molecular formula is C18H27ClN2O6S. The molecule has 1 aromatic carbocycles. The number of ether oxygens (including phenoxy) is 3. The average Bonchev–Trinajstić information content (AvgIpc) is 3.20. The summed E-state index contributed by atoms with van der Waals surface area (Å²) in [6.07, 6.45) is 1.58. The van der Waals surface area contributed by atoms with Gasteiger partial charge in [-0.25, -0.2) is 13.1 Å². The van der Waals surface area contributed by atoms with Gasteiger partial charge < -0.3 is 19.1 Å². The molecule has 10 heteroatoms. The summed E-state index contributed by atoms with van der Waals surface area (Å²) in [5.41, 5.74) is 0.231. The Labute approximate surface area is 171 Å². The minimum atomic E-state index is -3.88. The number of halogens is 1. The lowest BCUT2D eigenvalue weighted by Gasteiger charge is -2.22. The lowest BCUT2D eigenvalue weighted by Crippen LogP contribution is -2.36. The predicted molar refractivity (Wildman–Crippen MR) is 105 cm³/mol. The first-order valence-corrected chi connectivity index (χ1v) is 10.9. The summed E-state index contributed by atoms with van der Waals surface area (Å²) in [5, 5.41) is 0.0525. The van der Waals surface area contributed by atoms with Crippen LogP contribution in [-0.4, -0.2) is 79.0 Å². The summed E-state index contributed by atoms with van der Waals surface area (Å²) < 4.78 is 43.4. The van der Waals surface area contributed by atoms with E-state index in [1.807, 2.05) is 0 Å². The molecule has 1 fully saturated rings.